The summed E-state index contributed by atoms with van der Waals surface area (Å²) in [5, 5.41) is 0. The molecule has 0 aliphatic heterocycles. The van der Waals surface area contributed by atoms with E-state index in [4.69, 9.17) is 0 Å². The van der Waals surface area contributed by atoms with E-state index in [1.54, 1.807) is 0 Å². The predicted octanol–water partition coefficient (Wildman–Crippen LogP) is 3.44. The molecule has 0 N–H and O–H groups in total. The molecule has 0 rings (SSSR count). The van der Waals surface area contributed by atoms with Crippen molar-refractivity contribution < 1.29 is 0 Å². The van der Waals surface area contributed by atoms with E-state index in [1.807, 2.05) is 0 Å². The summed E-state index contributed by atoms with van der Waals surface area (Å²) in [5.74, 6) is 2.52. The minimum absolute atomic E-state index is 0.630. The molecule has 0 aliphatic carbocycles. The maximum absolute atomic E-state index is 2.52. The molecule has 0 aromatic heterocycles. The van der Waals surface area contributed by atoms with Gasteiger partial charge in [0.05, 0.1) is 0 Å². The van der Waals surface area contributed by atoms with Gasteiger partial charge in [-0.25, -0.2) is 0 Å². The zero-order valence-corrected chi connectivity index (χ0v) is 11.0. The van der Waals surface area contributed by atoms with Gasteiger partial charge in [-0.1, -0.05) is 0 Å². The summed E-state index contributed by atoms with van der Waals surface area (Å²) in [7, 11) is 0. The van der Waals surface area contributed by atoms with Crippen molar-refractivity contribution in [1.82, 2.24) is 0 Å². The summed E-state index contributed by atoms with van der Waals surface area (Å²) in [6.45, 7) is 14.4. The Morgan fingerprint density at radius 2 is 0.900 bits per heavy atom. The standard InChI is InChI=1S/C9H22Ge/c1-8(2,3)10(7)9(4,5)6/h10H,1-7H3. The molecule has 1 heteroatoms. The van der Waals surface area contributed by atoms with E-state index >= 15 is 0 Å². The predicted molar refractivity (Wildman–Crippen MR) is 52.4 cm³/mol. The molecule has 0 aromatic rings. The van der Waals surface area contributed by atoms with Crippen molar-refractivity contribution in [2.75, 3.05) is 0 Å². The minimum atomic E-state index is -1.05. The fraction of sp³-hybridized carbons (Fsp3) is 1.00. The molecular formula is C9H22Ge. The molecule has 0 fully saturated rings. The van der Waals surface area contributed by atoms with Crippen molar-refractivity contribution in [3.8, 4) is 0 Å². The van der Waals surface area contributed by atoms with E-state index in [-0.39, 0.29) is 0 Å². The summed E-state index contributed by atoms with van der Waals surface area (Å²) < 4.78 is 1.26. The van der Waals surface area contributed by atoms with Crippen molar-refractivity contribution >= 4 is 14.3 Å². The SMILES string of the molecule is [CH3][GeH]([C](C)(C)C)[C](C)(C)C. The van der Waals surface area contributed by atoms with Gasteiger partial charge in [-0.2, -0.15) is 0 Å². The second-order valence-electron chi connectivity index (χ2n) is 5.45. The molecule has 0 unspecified atom stereocenters. The van der Waals surface area contributed by atoms with E-state index in [0.29, 0.717) is 8.49 Å². The van der Waals surface area contributed by atoms with Crippen LogP contribution in [0.25, 0.3) is 0 Å². The van der Waals surface area contributed by atoms with Gasteiger partial charge in [0.25, 0.3) is 0 Å². The molecule has 0 saturated heterocycles. The Labute approximate surface area is 70.5 Å². The van der Waals surface area contributed by atoms with Crippen molar-refractivity contribution in [3.05, 3.63) is 0 Å². The molecule has 62 valence electrons. The van der Waals surface area contributed by atoms with Crippen molar-refractivity contribution in [1.29, 1.82) is 0 Å². The van der Waals surface area contributed by atoms with E-state index in [2.05, 4.69) is 47.3 Å². The Bertz CT molecular complexity index is 88.9. The van der Waals surface area contributed by atoms with E-state index < -0.39 is 14.3 Å². The first-order chi connectivity index (χ1) is 4.15. The molecule has 0 nitrogen and oxygen atoms in total. The van der Waals surface area contributed by atoms with E-state index in [0.717, 1.165) is 0 Å². The summed E-state index contributed by atoms with van der Waals surface area (Å²) in [5.41, 5.74) is 0. The number of hydrogen-bond donors (Lipinski definition) is 0. The van der Waals surface area contributed by atoms with Gasteiger partial charge < -0.3 is 0 Å². The molecule has 0 aromatic carbocycles. The van der Waals surface area contributed by atoms with Crippen LogP contribution in [0.4, 0.5) is 0 Å². The van der Waals surface area contributed by atoms with Crippen molar-refractivity contribution in [3.63, 3.8) is 0 Å². The van der Waals surface area contributed by atoms with Gasteiger partial charge in [-0.3, -0.25) is 0 Å². The first kappa shape index (κ1) is 10.5. The first-order valence-electron chi connectivity index (χ1n) is 4.15. The quantitative estimate of drug-likeness (QED) is 0.528. The summed E-state index contributed by atoms with van der Waals surface area (Å²) in [6, 6.07) is 0. The zero-order valence-electron chi connectivity index (χ0n) is 8.58. The van der Waals surface area contributed by atoms with Crippen LogP contribution in [0.15, 0.2) is 0 Å². The van der Waals surface area contributed by atoms with Gasteiger partial charge in [-0.05, 0) is 0 Å². The second-order valence-corrected chi connectivity index (χ2v) is 15.8. The molecule has 0 amide bonds. The Morgan fingerprint density at radius 1 is 0.700 bits per heavy atom. The Kier molecular flexibility index (Phi) is 3.04. The van der Waals surface area contributed by atoms with E-state index in [9.17, 15) is 0 Å². The summed E-state index contributed by atoms with van der Waals surface area (Å²) >= 11 is -1.05. The van der Waals surface area contributed by atoms with Crippen LogP contribution in [0.3, 0.4) is 0 Å². The number of hydrogen-bond acceptors (Lipinski definition) is 0. The molecule has 0 radical (unpaired) electrons. The van der Waals surface area contributed by atoms with Gasteiger partial charge in [0.1, 0.15) is 0 Å². The van der Waals surface area contributed by atoms with Crippen molar-refractivity contribution in [2.24, 2.45) is 0 Å². The van der Waals surface area contributed by atoms with Crippen LogP contribution in [0.2, 0.25) is 14.3 Å². The van der Waals surface area contributed by atoms with Crippen LogP contribution in [0, 0.1) is 0 Å². The Morgan fingerprint density at radius 3 is 0.900 bits per heavy atom. The average molecular weight is 203 g/mol. The number of rotatable bonds is 0. The third-order valence-electron chi connectivity index (χ3n) is 2.60. The molecule has 0 aliphatic rings. The maximum atomic E-state index is 2.52. The average Bonchev–Trinajstić information content (AvgIpc) is 1.59. The molecular weight excluding hydrogens is 181 g/mol. The topological polar surface area (TPSA) is 0 Å². The van der Waals surface area contributed by atoms with E-state index in [1.165, 1.54) is 0 Å². The van der Waals surface area contributed by atoms with Crippen LogP contribution in [0.1, 0.15) is 41.5 Å². The second kappa shape index (κ2) is 2.88. The Hall–Kier alpha value is 0.543. The third-order valence-corrected chi connectivity index (χ3v) is 13.5. The fourth-order valence-corrected chi connectivity index (χ4v) is 6.75. The molecule has 0 bridgehead atoms. The summed E-state index contributed by atoms with van der Waals surface area (Å²) in [6.07, 6.45) is 0. The molecule has 0 atom stereocenters. The fourth-order valence-electron chi connectivity index (χ4n) is 1.30. The van der Waals surface area contributed by atoms with Crippen LogP contribution in [0.5, 0.6) is 0 Å². The van der Waals surface area contributed by atoms with Crippen molar-refractivity contribution in [2.45, 2.75) is 55.8 Å². The van der Waals surface area contributed by atoms with Gasteiger partial charge in [0.2, 0.25) is 0 Å². The van der Waals surface area contributed by atoms with Crippen LogP contribution in [-0.2, 0) is 0 Å². The first-order valence-corrected chi connectivity index (χ1v) is 9.00. The van der Waals surface area contributed by atoms with Gasteiger partial charge in [-0.15, -0.1) is 0 Å². The van der Waals surface area contributed by atoms with Crippen LogP contribution >= 0.6 is 0 Å². The third kappa shape index (κ3) is 3.09. The van der Waals surface area contributed by atoms with Gasteiger partial charge >= 0.3 is 70.1 Å². The normalized spacial score (nSPS) is 14.4. The molecule has 10 heavy (non-hydrogen) atoms. The van der Waals surface area contributed by atoms with Gasteiger partial charge in [0.15, 0.2) is 0 Å². The molecule has 0 saturated carbocycles. The van der Waals surface area contributed by atoms with Crippen LogP contribution in [-0.4, -0.2) is 14.3 Å². The summed E-state index contributed by atoms with van der Waals surface area (Å²) in [4.78, 5) is 0. The van der Waals surface area contributed by atoms with Crippen LogP contribution < -0.4 is 0 Å². The van der Waals surface area contributed by atoms with Gasteiger partial charge in [0, 0.05) is 0 Å². The molecule has 0 spiro atoms. The zero-order chi connectivity index (χ0) is 8.58. The monoisotopic (exact) mass is 204 g/mol. The Balaban J connectivity index is 4.23. The molecule has 0 heterocycles.